The highest BCUT2D eigenvalue weighted by Crippen LogP contribution is 2.12. The number of aryl methyl sites for hydroxylation is 1. The zero-order valence-corrected chi connectivity index (χ0v) is 8.16. The number of carboxylic acids is 1. The first kappa shape index (κ1) is 11.5. The average molecular weight is 181 g/mol. The van der Waals surface area contributed by atoms with Gasteiger partial charge in [0.05, 0.1) is 5.56 Å². The van der Waals surface area contributed by atoms with E-state index in [1.165, 1.54) is 6.07 Å². The third kappa shape index (κ3) is 3.15. The Balaban J connectivity index is 0.000000671. The molecule has 3 N–H and O–H groups in total. The van der Waals surface area contributed by atoms with Crippen LogP contribution in [0.3, 0.4) is 0 Å². The Morgan fingerprint density at radius 1 is 1.38 bits per heavy atom. The summed E-state index contributed by atoms with van der Waals surface area (Å²) in [7, 11) is 0. The second-order valence-electron chi connectivity index (χ2n) is 2.40. The van der Waals surface area contributed by atoms with Gasteiger partial charge in [0.25, 0.3) is 0 Å². The number of aromatic carboxylic acids is 1. The molecule has 72 valence electrons. The van der Waals surface area contributed by atoms with Crippen molar-refractivity contribution in [1.82, 2.24) is 0 Å². The Labute approximate surface area is 78.2 Å². The predicted octanol–water partition coefficient (Wildman–Crippen LogP) is 2.30. The van der Waals surface area contributed by atoms with Crippen molar-refractivity contribution >= 4 is 11.7 Å². The number of carboxylic acid groups (broad SMARTS) is 1. The molecule has 0 saturated carbocycles. The summed E-state index contributed by atoms with van der Waals surface area (Å²) in [5, 5.41) is 8.58. The van der Waals surface area contributed by atoms with Crippen LogP contribution in [0, 0.1) is 6.92 Å². The molecule has 0 unspecified atom stereocenters. The van der Waals surface area contributed by atoms with Gasteiger partial charge in [-0.05, 0) is 24.6 Å². The van der Waals surface area contributed by atoms with Gasteiger partial charge in [0.1, 0.15) is 0 Å². The second-order valence-corrected chi connectivity index (χ2v) is 2.40. The van der Waals surface area contributed by atoms with E-state index >= 15 is 0 Å². The lowest BCUT2D eigenvalue weighted by molar-refractivity contribution is 0.0698. The smallest absolute Gasteiger partial charge is 0.337 e. The van der Waals surface area contributed by atoms with E-state index in [4.69, 9.17) is 10.8 Å². The Kier molecular flexibility index (Phi) is 4.59. The van der Waals surface area contributed by atoms with Gasteiger partial charge in [0.15, 0.2) is 0 Å². The molecular weight excluding hydrogens is 166 g/mol. The molecule has 0 aliphatic rings. The summed E-state index contributed by atoms with van der Waals surface area (Å²) in [5.74, 6) is -0.984. The molecule has 1 aromatic rings. The number of hydrogen-bond donors (Lipinski definition) is 2. The van der Waals surface area contributed by atoms with Crippen LogP contribution < -0.4 is 5.73 Å². The predicted molar refractivity (Wildman–Crippen MR) is 53.9 cm³/mol. The summed E-state index contributed by atoms with van der Waals surface area (Å²) in [5.41, 5.74) is 6.89. The summed E-state index contributed by atoms with van der Waals surface area (Å²) in [6, 6.07) is 4.87. The number of anilines is 1. The van der Waals surface area contributed by atoms with Gasteiger partial charge in [0, 0.05) is 5.69 Å². The minimum absolute atomic E-state index is 0.163. The highest BCUT2D eigenvalue weighted by atomic mass is 16.4. The normalized spacial score (nSPS) is 8.54. The first-order valence-corrected chi connectivity index (χ1v) is 4.20. The van der Waals surface area contributed by atoms with Crippen molar-refractivity contribution in [3.05, 3.63) is 29.3 Å². The molecule has 0 heterocycles. The minimum atomic E-state index is -0.984. The molecule has 0 aliphatic heterocycles. The Hall–Kier alpha value is -1.51. The molecule has 0 saturated heterocycles. The molecule has 0 fully saturated rings. The van der Waals surface area contributed by atoms with Crippen LogP contribution in [0.1, 0.15) is 29.8 Å². The van der Waals surface area contributed by atoms with Crippen LogP contribution in [0.4, 0.5) is 5.69 Å². The zero-order valence-electron chi connectivity index (χ0n) is 8.16. The van der Waals surface area contributed by atoms with Crippen molar-refractivity contribution in [3.8, 4) is 0 Å². The largest absolute Gasteiger partial charge is 0.478 e. The SMILES string of the molecule is CC.Cc1ccc(C(=O)O)c(N)c1. The van der Waals surface area contributed by atoms with Gasteiger partial charge in [-0.2, -0.15) is 0 Å². The molecule has 0 amide bonds. The maximum absolute atomic E-state index is 10.5. The van der Waals surface area contributed by atoms with Crippen molar-refractivity contribution in [3.63, 3.8) is 0 Å². The number of rotatable bonds is 1. The summed E-state index contributed by atoms with van der Waals surface area (Å²) in [6.07, 6.45) is 0. The molecule has 13 heavy (non-hydrogen) atoms. The molecule has 0 spiro atoms. The molecule has 0 bridgehead atoms. The van der Waals surface area contributed by atoms with Crippen molar-refractivity contribution in [2.45, 2.75) is 20.8 Å². The fourth-order valence-corrected chi connectivity index (χ4v) is 0.877. The topological polar surface area (TPSA) is 63.3 Å². The second kappa shape index (κ2) is 5.19. The lowest BCUT2D eigenvalue weighted by Gasteiger charge is -2.00. The van der Waals surface area contributed by atoms with Crippen LogP contribution in [-0.4, -0.2) is 11.1 Å². The summed E-state index contributed by atoms with van der Waals surface area (Å²) in [4.78, 5) is 10.5. The molecule has 3 heteroatoms. The van der Waals surface area contributed by atoms with E-state index in [1.807, 2.05) is 20.8 Å². The quantitative estimate of drug-likeness (QED) is 0.653. The minimum Gasteiger partial charge on any atom is -0.478 e. The van der Waals surface area contributed by atoms with E-state index in [1.54, 1.807) is 12.1 Å². The van der Waals surface area contributed by atoms with Gasteiger partial charge in [-0.1, -0.05) is 19.9 Å². The van der Waals surface area contributed by atoms with Crippen LogP contribution in [0.15, 0.2) is 18.2 Å². The third-order valence-electron chi connectivity index (χ3n) is 1.44. The Morgan fingerprint density at radius 3 is 2.31 bits per heavy atom. The van der Waals surface area contributed by atoms with Crippen LogP contribution >= 0.6 is 0 Å². The van der Waals surface area contributed by atoms with E-state index in [2.05, 4.69) is 0 Å². The molecule has 1 rings (SSSR count). The van der Waals surface area contributed by atoms with Gasteiger partial charge in [-0.25, -0.2) is 4.79 Å². The fourth-order valence-electron chi connectivity index (χ4n) is 0.877. The number of nitrogens with two attached hydrogens (primary N) is 1. The number of nitrogen functional groups attached to an aromatic ring is 1. The Bertz CT molecular complexity index is 295. The van der Waals surface area contributed by atoms with Crippen molar-refractivity contribution in [2.75, 3.05) is 5.73 Å². The monoisotopic (exact) mass is 181 g/mol. The van der Waals surface area contributed by atoms with Gasteiger partial charge >= 0.3 is 5.97 Å². The molecule has 0 radical (unpaired) electrons. The lowest BCUT2D eigenvalue weighted by Crippen LogP contribution is -2.01. The Morgan fingerprint density at radius 2 is 1.92 bits per heavy atom. The van der Waals surface area contributed by atoms with Crippen molar-refractivity contribution < 1.29 is 9.90 Å². The maximum Gasteiger partial charge on any atom is 0.337 e. The molecule has 3 nitrogen and oxygen atoms in total. The van der Waals surface area contributed by atoms with Crippen LogP contribution in [0.2, 0.25) is 0 Å². The molecule has 1 aromatic carbocycles. The highest BCUT2D eigenvalue weighted by molar-refractivity contribution is 5.93. The summed E-state index contributed by atoms with van der Waals surface area (Å²) < 4.78 is 0. The number of benzene rings is 1. The lowest BCUT2D eigenvalue weighted by atomic mass is 10.1. The van der Waals surface area contributed by atoms with Gasteiger partial charge in [0.2, 0.25) is 0 Å². The summed E-state index contributed by atoms with van der Waals surface area (Å²) in [6.45, 7) is 5.86. The van der Waals surface area contributed by atoms with Crippen molar-refractivity contribution in [2.24, 2.45) is 0 Å². The van der Waals surface area contributed by atoms with Crippen LogP contribution in [0.25, 0.3) is 0 Å². The maximum atomic E-state index is 10.5. The number of hydrogen-bond acceptors (Lipinski definition) is 2. The third-order valence-corrected chi connectivity index (χ3v) is 1.44. The fraction of sp³-hybridized carbons (Fsp3) is 0.300. The van der Waals surface area contributed by atoms with Crippen LogP contribution in [0.5, 0.6) is 0 Å². The van der Waals surface area contributed by atoms with Gasteiger partial charge in [-0.3, -0.25) is 0 Å². The van der Waals surface area contributed by atoms with Gasteiger partial charge in [-0.15, -0.1) is 0 Å². The first-order chi connectivity index (χ1) is 6.11. The van der Waals surface area contributed by atoms with E-state index in [0.29, 0.717) is 5.69 Å². The van der Waals surface area contributed by atoms with E-state index in [9.17, 15) is 4.79 Å². The molecule has 0 atom stereocenters. The van der Waals surface area contributed by atoms with Crippen LogP contribution in [-0.2, 0) is 0 Å². The zero-order chi connectivity index (χ0) is 10.4. The van der Waals surface area contributed by atoms with E-state index in [-0.39, 0.29) is 5.56 Å². The first-order valence-electron chi connectivity index (χ1n) is 4.20. The highest BCUT2D eigenvalue weighted by Gasteiger charge is 2.05. The average Bonchev–Trinajstić information content (AvgIpc) is 2.07. The summed E-state index contributed by atoms with van der Waals surface area (Å²) >= 11 is 0. The van der Waals surface area contributed by atoms with E-state index in [0.717, 1.165) is 5.56 Å². The van der Waals surface area contributed by atoms with Gasteiger partial charge < -0.3 is 10.8 Å². The molecule has 0 aliphatic carbocycles. The standard InChI is InChI=1S/C8H9NO2.C2H6/c1-5-2-3-6(8(10)11)7(9)4-5;1-2/h2-4H,9H2,1H3,(H,10,11);1-2H3. The van der Waals surface area contributed by atoms with Crippen molar-refractivity contribution in [1.29, 1.82) is 0 Å². The van der Waals surface area contributed by atoms with E-state index < -0.39 is 5.97 Å². The molecule has 0 aromatic heterocycles. The number of carbonyl (C=O) groups is 1. The molecular formula is C10H15NO2.